The van der Waals surface area contributed by atoms with E-state index in [0.29, 0.717) is 10.8 Å². The van der Waals surface area contributed by atoms with Gasteiger partial charge in [0.05, 0.1) is 7.11 Å². The molecule has 0 saturated carbocycles. The van der Waals surface area contributed by atoms with Crippen molar-refractivity contribution in [3.05, 3.63) is 34.6 Å². The fourth-order valence-electron chi connectivity index (χ4n) is 1.51. The van der Waals surface area contributed by atoms with Crippen LogP contribution in [0.2, 0.25) is 0 Å². The van der Waals surface area contributed by atoms with Gasteiger partial charge in [0, 0.05) is 18.8 Å². The number of carbonyl (C=O) groups is 1. The Balaban J connectivity index is 2.25. The smallest absolute Gasteiger partial charge is 0.319 e. The van der Waals surface area contributed by atoms with Crippen molar-refractivity contribution < 1.29 is 9.53 Å². The van der Waals surface area contributed by atoms with Crippen LogP contribution in [0.15, 0.2) is 29.1 Å². The first kappa shape index (κ1) is 13.9. The summed E-state index contributed by atoms with van der Waals surface area (Å²) < 4.78 is 7.69. The second kappa shape index (κ2) is 6.11. The Hall–Kier alpha value is -2.48. The van der Waals surface area contributed by atoms with Gasteiger partial charge in [-0.1, -0.05) is 6.07 Å². The molecule has 0 radical (unpaired) electrons. The van der Waals surface area contributed by atoms with Gasteiger partial charge in [-0.05, 0) is 23.7 Å². The molecule has 0 aliphatic carbocycles. The van der Waals surface area contributed by atoms with Crippen molar-refractivity contribution in [3.8, 4) is 5.75 Å². The molecule has 2 aromatic rings. The number of anilines is 3. The van der Waals surface area contributed by atoms with Gasteiger partial charge in [0.1, 0.15) is 16.4 Å². The summed E-state index contributed by atoms with van der Waals surface area (Å²) in [5.74, 6) is 0.693. The lowest BCUT2D eigenvalue weighted by molar-refractivity contribution is 0.254. The Morgan fingerprint density at radius 2 is 2.20 bits per heavy atom. The first-order chi connectivity index (χ1) is 9.63. The molecule has 2 amide bonds. The van der Waals surface area contributed by atoms with E-state index in [0.717, 1.165) is 17.2 Å². The summed E-state index contributed by atoms with van der Waals surface area (Å²) in [6.07, 6.45) is 0. The normalized spacial score (nSPS) is 9.90. The van der Waals surface area contributed by atoms with Gasteiger partial charge in [0.15, 0.2) is 0 Å². The SMILES string of the molecule is CNC(=O)Nc1c(Nc2cccc(OC)c2)s[nH]c1=O. The predicted octanol–water partition coefficient (Wildman–Crippen LogP) is 1.94. The van der Waals surface area contributed by atoms with E-state index >= 15 is 0 Å². The van der Waals surface area contributed by atoms with E-state index in [2.05, 4.69) is 20.3 Å². The van der Waals surface area contributed by atoms with Crippen LogP contribution in [0.5, 0.6) is 5.75 Å². The molecular formula is C12H14N4O3S. The number of hydrogen-bond acceptors (Lipinski definition) is 5. The highest BCUT2D eigenvalue weighted by Crippen LogP contribution is 2.27. The van der Waals surface area contributed by atoms with E-state index < -0.39 is 6.03 Å². The van der Waals surface area contributed by atoms with Crippen LogP contribution in [0, 0.1) is 0 Å². The zero-order chi connectivity index (χ0) is 14.5. The number of aromatic nitrogens is 1. The maximum atomic E-state index is 11.7. The van der Waals surface area contributed by atoms with E-state index in [1.165, 1.54) is 7.05 Å². The van der Waals surface area contributed by atoms with Crippen molar-refractivity contribution in [2.45, 2.75) is 0 Å². The molecule has 0 unspecified atom stereocenters. The van der Waals surface area contributed by atoms with E-state index in [1.54, 1.807) is 13.2 Å². The van der Waals surface area contributed by atoms with Crippen molar-refractivity contribution in [2.75, 3.05) is 24.8 Å². The summed E-state index contributed by atoms with van der Waals surface area (Å²) in [5, 5.41) is 8.46. The molecule has 20 heavy (non-hydrogen) atoms. The van der Waals surface area contributed by atoms with Crippen molar-refractivity contribution in [1.29, 1.82) is 0 Å². The summed E-state index contributed by atoms with van der Waals surface area (Å²) in [6, 6.07) is 6.80. The number of nitrogens with one attached hydrogen (secondary N) is 4. The maximum Gasteiger partial charge on any atom is 0.319 e. The fraction of sp³-hybridized carbons (Fsp3) is 0.167. The number of benzene rings is 1. The fourth-order valence-corrected chi connectivity index (χ4v) is 2.22. The van der Waals surface area contributed by atoms with Crippen LogP contribution in [-0.2, 0) is 0 Å². The van der Waals surface area contributed by atoms with Crippen LogP contribution in [0.25, 0.3) is 0 Å². The van der Waals surface area contributed by atoms with Crippen molar-refractivity contribution in [3.63, 3.8) is 0 Å². The van der Waals surface area contributed by atoms with E-state index in [4.69, 9.17) is 4.74 Å². The molecule has 1 aromatic carbocycles. The number of aromatic amines is 1. The molecule has 8 heteroatoms. The molecule has 0 aliphatic heterocycles. The lowest BCUT2D eigenvalue weighted by Crippen LogP contribution is -2.27. The molecule has 1 heterocycles. The zero-order valence-electron chi connectivity index (χ0n) is 10.9. The minimum absolute atomic E-state index is 0.178. The van der Waals surface area contributed by atoms with Crippen LogP contribution in [0.3, 0.4) is 0 Å². The second-order valence-corrected chi connectivity index (χ2v) is 4.61. The largest absolute Gasteiger partial charge is 0.497 e. The molecule has 0 fully saturated rings. The first-order valence-corrected chi connectivity index (χ1v) is 6.57. The minimum Gasteiger partial charge on any atom is -0.497 e. The van der Waals surface area contributed by atoms with Crippen LogP contribution < -0.4 is 26.2 Å². The molecule has 4 N–H and O–H groups in total. The number of methoxy groups -OCH3 is 1. The van der Waals surface area contributed by atoms with Crippen molar-refractivity contribution >= 4 is 33.9 Å². The topological polar surface area (TPSA) is 95.2 Å². The van der Waals surface area contributed by atoms with Gasteiger partial charge in [-0.15, -0.1) is 0 Å². The monoisotopic (exact) mass is 294 g/mol. The van der Waals surface area contributed by atoms with Gasteiger partial charge in [-0.2, -0.15) is 0 Å². The molecule has 0 bridgehead atoms. The van der Waals surface area contributed by atoms with Crippen LogP contribution in [0.4, 0.5) is 21.2 Å². The molecule has 1 aromatic heterocycles. The highest BCUT2D eigenvalue weighted by atomic mass is 32.1. The number of H-pyrrole nitrogens is 1. The number of urea groups is 1. The average molecular weight is 294 g/mol. The summed E-state index contributed by atoms with van der Waals surface area (Å²) in [4.78, 5) is 23.0. The number of ether oxygens (including phenoxy) is 1. The van der Waals surface area contributed by atoms with E-state index in [-0.39, 0.29) is 11.2 Å². The van der Waals surface area contributed by atoms with Crippen LogP contribution in [0.1, 0.15) is 0 Å². The minimum atomic E-state index is -0.456. The summed E-state index contributed by atoms with van der Waals surface area (Å²) >= 11 is 1.11. The van der Waals surface area contributed by atoms with E-state index in [1.807, 2.05) is 18.2 Å². The summed E-state index contributed by atoms with van der Waals surface area (Å²) in [5.41, 5.74) is 0.570. The predicted molar refractivity (Wildman–Crippen MR) is 79.3 cm³/mol. The standard InChI is InChI=1S/C12H14N4O3S/c1-13-12(18)15-9-10(17)16-20-11(9)14-7-4-3-5-8(6-7)19-2/h3-6,14H,1-2H3,(H,16,17)(H2,13,15,18). The first-order valence-electron chi connectivity index (χ1n) is 5.75. The lowest BCUT2D eigenvalue weighted by Gasteiger charge is -2.08. The molecule has 0 saturated heterocycles. The van der Waals surface area contributed by atoms with Gasteiger partial charge in [-0.25, -0.2) is 4.79 Å². The molecule has 2 rings (SSSR count). The number of rotatable bonds is 4. The molecule has 7 nitrogen and oxygen atoms in total. The lowest BCUT2D eigenvalue weighted by atomic mass is 10.3. The third kappa shape index (κ3) is 3.09. The third-order valence-electron chi connectivity index (χ3n) is 2.49. The molecular weight excluding hydrogens is 280 g/mol. The second-order valence-electron chi connectivity index (χ2n) is 3.80. The van der Waals surface area contributed by atoms with Gasteiger partial charge in [-0.3, -0.25) is 9.17 Å². The molecule has 106 valence electrons. The Kier molecular flexibility index (Phi) is 4.26. The Morgan fingerprint density at radius 1 is 1.40 bits per heavy atom. The zero-order valence-corrected chi connectivity index (χ0v) is 11.8. The Morgan fingerprint density at radius 3 is 2.90 bits per heavy atom. The van der Waals surface area contributed by atoms with Gasteiger partial charge in [0.25, 0.3) is 5.56 Å². The van der Waals surface area contributed by atoms with Crippen molar-refractivity contribution in [2.24, 2.45) is 0 Å². The molecule has 0 spiro atoms. The Labute approximate surface area is 119 Å². The summed E-state index contributed by atoms with van der Waals surface area (Å²) in [6.45, 7) is 0. The van der Waals surface area contributed by atoms with E-state index in [9.17, 15) is 9.59 Å². The van der Waals surface area contributed by atoms with Gasteiger partial charge in [0.2, 0.25) is 0 Å². The van der Waals surface area contributed by atoms with Crippen molar-refractivity contribution in [1.82, 2.24) is 9.69 Å². The quantitative estimate of drug-likeness (QED) is 0.693. The third-order valence-corrected chi connectivity index (χ3v) is 3.29. The van der Waals surface area contributed by atoms with Crippen LogP contribution >= 0.6 is 11.5 Å². The molecule has 0 atom stereocenters. The highest BCUT2D eigenvalue weighted by Gasteiger charge is 2.13. The summed E-state index contributed by atoms with van der Waals surface area (Å²) in [7, 11) is 3.05. The Bertz CT molecular complexity index is 665. The van der Waals surface area contributed by atoms with Gasteiger partial charge < -0.3 is 20.7 Å². The number of hydrogen-bond donors (Lipinski definition) is 4. The highest BCUT2D eigenvalue weighted by molar-refractivity contribution is 7.11. The number of carbonyl (C=O) groups excluding carboxylic acids is 1. The average Bonchev–Trinajstić information content (AvgIpc) is 2.80. The maximum absolute atomic E-state index is 11.7. The number of amides is 2. The van der Waals surface area contributed by atoms with Gasteiger partial charge >= 0.3 is 6.03 Å². The molecule has 0 aliphatic rings. The van der Waals surface area contributed by atoms with Crippen LogP contribution in [-0.4, -0.2) is 24.6 Å².